The van der Waals surface area contributed by atoms with Crippen LogP contribution in [0.25, 0.3) is 21.5 Å². The molecule has 0 aromatic carbocycles. The molecule has 26 heteroatoms. The number of aliphatic hydroxyl groups is 2. The number of nitrogens with one attached hydrogen (secondary N) is 1. The van der Waals surface area contributed by atoms with E-state index < -0.39 is 86.2 Å². The van der Waals surface area contributed by atoms with E-state index in [2.05, 4.69) is 24.9 Å². The number of H-pyrrole nitrogens is 1. The zero-order valence-corrected chi connectivity index (χ0v) is 26.9. The molecular weight excluding hydrogens is 716 g/mol. The number of fused-ring (bicyclic) bond motifs is 5. The van der Waals surface area contributed by atoms with E-state index in [0.717, 1.165) is 4.57 Å². The number of nitrogens with zero attached hydrogens (tertiary/aromatic N) is 6. The average Bonchev–Trinajstić information content (AvgIpc) is 3.71. The summed E-state index contributed by atoms with van der Waals surface area (Å²) >= 11 is 11.0. The van der Waals surface area contributed by atoms with Gasteiger partial charge in [-0.3, -0.25) is 32.8 Å². The fourth-order valence-electron chi connectivity index (χ4n) is 5.32. The van der Waals surface area contributed by atoms with Gasteiger partial charge >= 0.3 is 18.3 Å². The van der Waals surface area contributed by atoms with Crippen LogP contribution < -0.4 is 21.9 Å². The van der Waals surface area contributed by atoms with Crippen molar-refractivity contribution in [3.63, 3.8) is 0 Å². The standard InChI is InChI=1S/C20H23N9O12P2S3/c21-13-7-14(24-3-23-13)28(4-25-7)18-11-8(30)5(38-18)1-36-42(34,44)40-10-6(2-37-43(35,45)41-11)39-17(9(10)31)29-15-12(46-20(29)33)16(32)27-19(22)26-15/h3-6,8-11,17-18,30-31H,1-2H2,(H,34,44)(H,35,45)(H2,21,23,24)(H3,22,26,27,32)/t5-,6-,8-,9-,10-,11-,17-,18-,42?,43?/m1/s1. The molecule has 4 aromatic heterocycles. The van der Waals surface area contributed by atoms with E-state index in [0.29, 0.717) is 11.3 Å². The zero-order chi connectivity index (χ0) is 32.7. The largest absolute Gasteiger partial charge is 0.387 e. The van der Waals surface area contributed by atoms with Crippen molar-refractivity contribution >= 4 is 81.7 Å². The number of aliphatic hydroxyl groups excluding tert-OH is 2. The highest BCUT2D eigenvalue weighted by atomic mass is 32.5. The number of hydrogen-bond donors (Lipinski definition) is 7. The molecule has 10 atom stereocenters. The Balaban J connectivity index is 1.22. The van der Waals surface area contributed by atoms with Crippen LogP contribution in [0, 0.1) is 0 Å². The lowest BCUT2D eigenvalue weighted by Crippen LogP contribution is -2.37. The number of nitrogen functional groups attached to an aromatic ring is 2. The number of imidazole rings is 1. The first-order valence-corrected chi connectivity index (χ1v) is 19.1. The van der Waals surface area contributed by atoms with Crippen molar-refractivity contribution < 1.29 is 47.6 Å². The smallest absolute Gasteiger partial charge is 0.325 e. The number of rotatable bonds is 2. The van der Waals surface area contributed by atoms with Crippen LogP contribution in [0.3, 0.4) is 0 Å². The molecule has 2 bridgehead atoms. The molecule has 3 fully saturated rings. The van der Waals surface area contributed by atoms with E-state index in [1.165, 1.54) is 17.2 Å². The Morgan fingerprint density at radius 2 is 1.61 bits per heavy atom. The second-order valence-corrected chi connectivity index (χ2v) is 16.7. The van der Waals surface area contributed by atoms with Crippen LogP contribution in [0.2, 0.25) is 0 Å². The first-order chi connectivity index (χ1) is 21.7. The van der Waals surface area contributed by atoms with E-state index >= 15 is 0 Å². The molecule has 3 aliphatic heterocycles. The number of aromatic nitrogens is 7. The third-order valence-corrected chi connectivity index (χ3v) is 11.4. The quantitative estimate of drug-likeness (QED) is 0.109. The van der Waals surface area contributed by atoms with Crippen molar-refractivity contribution in [1.82, 2.24) is 34.1 Å². The highest BCUT2D eigenvalue weighted by Crippen LogP contribution is 2.54. The van der Waals surface area contributed by atoms with Gasteiger partial charge in [0.1, 0.15) is 53.2 Å². The lowest BCUT2D eigenvalue weighted by atomic mass is 10.1. The summed E-state index contributed by atoms with van der Waals surface area (Å²) in [5.41, 5.74) is 11.1. The summed E-state index contributed by atoms with van der Waals surface area (Å²) in [6, 6.07) is 0. The van der Waals surface area contributed by atoms with E-state index in [4.69, 9.17) is 62.6 Å². The lowest BCUT2D eigenvalue weighted by molar-refractivity contribution is -0.0609. The van der Waals surface area contributed by atoms with E-state index in [-0.39, 0.29) is 33.3 Å². The van der Waals surface area contributed by atoms with Gasteiger partial charge in [-0.05, 0) is 23.6 Å². The number of anilines is 2. The Labute approximate surface area is 269 Å². The van der Waals surface area contributed by atoms with Gasteiger partial charge in [0.2, 0.25) is 5.95 Å². The first kappa shape index (κ1) is 32.2. The van der Waals surface area contributed by atoms with Crippen LogP contribution in [0.5, 0.6) is 0 Å². The van der Waals surface area contributed by atoms with Crippen LogP contribution in [-0.2, 0) is 51.2 Å². The fraction of sp³-hybridized carbons (Fsp3) is 0.500. The summed E-state index contributed by atoms with van der Waals surface area (Å²) in [6.07, 6.45) is -9.06. The van der Waals surface area contributed by atoms with Crippen LogP contribution in [0.1, 0.15) is 12.5 Å². The molecule has 0 aliphatic carbocycles. The van der Waals surface area contributed by atoms with Gasteiger partial charge in [-0.2, -0.15) is 4.98 Å². The highest BCUT2D eigenvalue weighted by Gasteiger charge is 2.52. The van der Waals surface area contributed by atoms with Crippen LogP contribution in [0.4, 0.5) is 11.8 Å². The number of aromatic amines is 1. The molecule has 2 unspecified atom stereocenters. The van der Waals surface area contributed by atoms with Crippen molar-refractivity contribution in [2.75, 3.05) is 24.7 Å². The monoisotopic (exact) mass is 739 g/mol. The SMILES string of the molecule is Nc1nc2c(sc(=O)n2[C@@H]2O[C@@H]3COP(O)(=S)O[C@@H]4[C@H](O)[C@@H](COP(O)(=S)O[C@H]3[C@H]2O)O[C@H]4n2cnc3c(N)ncnc32)c(=O)[nH]1. The summed E-state index contributed by atoms with van der Waals surface area (Å²) < 4.78 is 36.5. The van der Waals surface area contributed by atoms with Gasteiger partial charge in [-0.15, -0.1) is 0 Å². The molecule has 248 valence electrons. The van der Waals surface area contributed by atoms with Gasteiger partial charge in [0.25, 0.3) is 5.56 Å². The summed E-state index contributed by atoms with van der Waals surface area (Å²) in [5.74, 6) is -0.223. The molecule has 0 radical (unpaired) electrons. The topological polar surface area (TPSA) is 300 Å². The van der Waals surface area contributed by atoms with Gasteiger partial charge in [0.05, 0.1) is 19.5 Å². The molecule has 3 aliphatic rings. The maximum absolute atomic E-state index is 13.0. The minimum atomic E-state index is -4.26. The highest BCUT2D eigenvalue weighted by molar-refractivity contribution is 8.07. The summed E-state index contributed by atoms with van der Waals surface area (Å²) in [6.45, 7) is -9.71. The normalized spacial score (nSPS) is 37.1. The Kier molecular flexibility index (Phi) is 8.15. The van der Waals surface area contributed by atoms with Crippen molar-refractivity contribution in [3.8, 4) is 0 Å². The van der Waals surface area contributed by atoms with Crippen LogP contribution in [-0.4, -0.2) is 104 Å². The molecule has 46 heavy (non-hydrogen) atoms. The Hall–Kier alpha value is -2.38. The predicted octanol–water partition coefficient (Wildman–Crippen LogP) is -2.08. The van der Waals surface area contributed by atoms with E-state index in [9.17, 15) is 29.6 Å². The summed E-state index contributed by atoms with van der Waals surface area (Å²) in [4.78, 5) is 65.2. The maximum atomic E-state index is 13.0. The van der Waals surface area contributed by atoms with Gasteiger partial charge in [-0.25, -0.2) is 15.0 Å². The maximum Gasteiger partial charge on any atom is 0.325 e. The first-order valence-electron chi connectivity index (χ1n) is 13.1. The van der Waals surface area contributed by atoms with Gasteiger partial charge in [0.15, 0.2) is 29.6 Å². The second-order valence-electron chi connectivity index (χ2n) is 10.2. The minimum absolute atomic E-state index is 0.0749. The third-order valence-electron chi connectivity index (χ3n) is 7.34. The number of ether oxygens (including phenoxy) is 2. The summed E-state index contributed by atoms with van der Waals surface area (Å²) in [5, 5.41) is 22.5. The second kappa shape index (κ2) is 11.6. The molecule has 3 saturated heterocycles. The molecule has 21 nitrogen and oxygen atoms in total. The van der Waals surface area contributed by atoms with Crippen LogP contribution in [0.15, 0.2) is 22.2 Å². The predicted molar refractivity (Wildman–Crippen MR) is 163 cm³/mol. The van der Waals surface area contributed by atoms with Crippen LogP contribution >= 0.6 is 24.8 Å². The van der Waals surface area contributed by atoms with Gasteiger partial charge in [0, 0.05) is 0 Å². The Morgan fingerprint density at radius 1 is 0.935 bits per heavy atom. The van der Waals surface area contributed by atoms with Crippen molar-refractivity contribution in [2.45, 2.75) is 49.1 Å². The Morgan fingerprint density at radius 3 is 2.35 bits per heavy atom. The van der Waals surface area contributed by atoms with Gasteiger partial charge < -0.3 is 50.0 Å². The molecule has 0 amide bonds. The van der Waals surface area contributed by atoms with Gasteiger partial charge in [-0.1, -0.05) is 11.3 Å². The molecule has 7 heterocycles. The third kappa shape index (κ3) is 5.61. The molecule has 4 aromatic rings. The number of nitrogens with two attached hydrogens (primary N) is 2. The summed E-state index contributed by atoms with van der Waals surface area (Å²) in [7, 11) is 0. The minimum Gasteiger partial charge on any atom is -0.387 e. The molecule has 0 saturated carbocycles. The number of thiazole rings is 1. The van der Waals surface area contributed by atoms with E-state index in [1.54, 1.807) is 0 Å². The number of hydrogen-bond acceptors (Lipinski definition) is 19. The molecule has 0 spiro atoms. The Bertz CT molecular complexity index is 2060. The zero-order valence-electron chi connectivity index (χ0n) is 22.7. The molecular formula is C20H23N9O12P2S3. The van der Waals surface area contributed by atoms with Crippen molar-refractivity contribution in [1.29, 1.82) is 0 Å². The van der Waals surface area contributed by atoms with Crippen molar-refractivity contribution in [3.05, 3.63) is 32.7 Å². The molecule has 7 rings (SSSR count). The average molecular weight is 740 g/mol. The lowest BCUT2D eigenvalue weighted by Gasteiger charge is -2.28. The van der Waals surface area contributed by atoms with Crippen molar-refractivity contribution in [2.24, 2.45) is 0 Å². The fourth-order valence-corrected chi connectivity index (χ4v) is 9.02. The molecule has 9 N–H and O–H groups in total. The van der Waals surface area contributed by atoms with E-state index in [1.807, 2.05) is 0 Å².